The lowest BCUT2D eigenvalue weighted by Crippen LogP contribution is -2.39. The summed E-state index contributed by atoms with van der Waals surface area (Å²) in [6, 6.07) is 0. The van der Waals surface area contributed by atoms with Gasteiger partial charge in [-0.1, -0.05) is 0 Å². The number of hydrogen-bond donors (Lipinski definition) is 3. The molecule has 21 heavy (non-hydrogen) atoms. The fourth-order valence-corrected chi connectivity index (χ4v) is 2.98. The Morgan fingerprint density at radius 2 is 1.90 bits per heavy atom. The van der Waals surface area contributed by atoms with Crippen molar-refractivity contribution in [3.63, 3.8) is 0 Å². The minimum Gasteiger partial charge on any atom is -0.395 e. The number of rotatable bonds is 4. The number of H-pyrrole nitrogens is 1. The van der Waals surface area contributed by atoms with Crippen LogP contribution in [0.1, 0.15) is 54.2 Å². The van der Waals surface area contributed by atoms with Gasteiger partial charge in [0.05, 0.1) is 11.4 Å². The minimum absolute atomic E-state index is 0.117. The number of carbonyl (C=O) groups excluding carboxylic acids is 2. The highest BCUT2D eigenvalue weighted by molar-refractivity contribution is 5.97. The second-order valence-corrected chi connectivity index (χ2v) is 6.08. The number of aromatic nitrogens is 2. The molecule has 0 bridgehead atoms. The molecule has 2 amide bonds. The highest BCUT2D eigenvalue weighted by Crippen LogP contribution is 2.42. The highest BCUT2D eigenvalue weighted by Gasteiger charge is 2.32. The molecule has 2 heterocycles. The van der Waals surface area contributed by atoms with E-state index in [2.05, 4.69) is 10.2 Å². The van der Waals surface area contributed by atoms with E-state index in [0.29, 0.717) is 36.8 Å². The molecule has 0 spiro atoms. The summed E-state index contributed by atoms with van der Waals surface area (Å²) in [5.74, 6) is 0.337. The van der Waals surface area contributed by atoms with Crippen LogP contribution in [0.3, 0.4) is 0 Å². The standard InChI is InChI=1S/C14H21N5O2/c15-10(20)7-8-3-5-19(6-4-8)14(21)13-11(16)12(17-18-13)9-1-2-9/h8-9H,1-7,16H2,(H2,15,20)(H,17,18). The second kappa shape index (κ2) is 5.38. The maximum absolute atomic E-state index is 12.5. The summed E-state index contributed by atoms with van der Waals surface area (Å²) in [6.07, 6.45) is 4.22. The third-order valence-electron chi connectivity index (χ3n) is 4.41. The SMILES string of the molecule is NC(=O)CC1CCN(C(=O)c2n[nH]c(C3CC3)c2N)CC1. The van der Waals surface area contributed by atoms with Gasteiger partial charge in [-0.3, -0.25) is 14.7 Å². The van der Waals surface area contributed by atoms with Crippen molar-refractivity contribution in [3.05, 3.63) is 11.4 Å². The van der Waals surface area contributed by atoms with Crippen molar-refractivity contribution in [2.45, 2.75) is 38.0 Å². The molecular formula is C14H21N5O2. The Morgan fingerprint density at radius 1 is 1.24 bits per heavy atom. The number of aromatic amines is 1. The Hall–Kier alpha value is -2.05. The number of primary amides is 1. The largest absolute Gasteiger partial charge is 0.395 e. The second-order valence-electron chi connectivity index (χ2n) is 6.08. The Balaban J connectivity index is 1.62. The molecule has 1 aliphatic carbocycles. The first-order valence-electron chi connectivity index (χ1n) is 7.47. The van der Waals surface area contributed by atoms with Crippen LogP contribution in [0.15, 0.2) is 0 Å². The lowest BCUT2D eigenvalue weighted by atomic mass is 9.93. The summed E-state index contributed by atoms with van der Waals surface area (Å²) in [6.45, 7) is 1.25. The number of nitrogens with two attached hydrogens (primary N) is 2. The third-order valence-corrected chi connectivity index (χ3v) is 4.41. The van der Waals surface area contributed by atoms with E-state index in [1.807, 2.05) is 0 Å². The smallest absolute Gasteiger partial charge is 0.276 e. The number of piperidine rings is 1. The van der Waals surface area contributed by atoms with Gasteiger partial charge in [0.1, 0.15) is 0 Å². The van der Waals surface area contributed by atoms with Crippen molar-refractivity contribution in [2.75, 3.05) is 18.8 Å². The maximum Gasteiger partial charge on any atom is 0.276 e. The van der Waals surface area contributed by atoms with Gasteiger partial charge < -0.3 is 16.4 Å². The van der Waals surface area contributed by atoms with E-state index < -0.39 is 0 Å². The zero-order valence-corrected chi connectivity index (χ0v) is 12.0. The van der Waals surface area contributed by atoms with E-state index >= 15 is 0 Å². The van der Waals surface area contributed by atoms with E-state index in [-0.39, 0.29) is 17.7 Å². The molecule has 0 aromatic carbocycles. The highest BCUT2D eigenvalue weighted by atomic mass is 16.2. The number of amides is 2. The van der Waals surface area contributed by atoms with Crippen LogP contribution >= 0.6 is 0 Å². The van der Waals surface area contributed by atoms with Crippen molar-refractivity contribution in [3.8, 4) is 0 Å². The molecule has 0 atom stereocenters. The Bertz CT molecular complexity index is 556. The molecule has 1 aliphatic heterocycles. The number of hydrogen-bond acceptors (Lipinski definition) is 4. The number of likely N-dealkylation sites (tertiary alicyclic amines) is 1. The number of nitrogens with one attached hydrogen (secondary N) is 1. The topological polar surface area (TPSA) is 118 Å². The first kappa shape index (κ1) is 13.9. The molecule has 0 unspecified atom stereocenters. The van der Waals surface area contributed by atoms with Crippen LogP contribution in [-0.2, 0) is 4.79 Å². The van der Waals surface area contributed by atoms with Gasteiger partial charge in [0.2, 0.25) is 5.91 Å². The van der Waals surface area contributed by atoms with E-state index in [1.54, 1.807) is 4.90 Å². The molecule has 1 aromatic heterocycles. The molecule has 1 saturated heterocycles. The van der Waals surface area contributed by atoms with Gasteiger partial charge in [0, 0.05) is 25.4 Å². The zero-order valence-electron chi connectivity index (χ0n) is 12.0. The van der Waals surface area contributed by atoms with Crippen LogP contribution in [0, 0.1) is 5.92 Å². The molecule has 2 fully saturated rings. The molecule has 2 aliphatic rings. The molecule has 1 aromatic rings. The monoisotopic (exact) mass is 291 g/mol. The third kappa shape index (κ3) is 2.86. The Labute approximate surface area is 123 Å². The molecule has 3 rings (SSSR count). The zero-order chi connectivity index (χ0) is 15.0. The van der Waals surface area contributed by atoms with Gasteiger partial charge >= 0.3 is 0 Å². The lowest BCUT2D eigenvalue weighted by Gasteiger charge is -2.31. The van der Waals surface area contributed by atoms with Gasteiger partial charge in [-0.25, -0.2) is 0 Å². The lowest BCUT2D eigenvalue weighted by molar-refractivity contribution is -0.119. The summed E-state index contributed by atoms with van der Waals surface area (Å²) < 4.78 is 0. The quantitative estimate of drug-likeness (QED) is 0.752. The van der Waals surface area contributed by atoms with Crippen molar-refractivity contribution in [1.29, 1.82) is 0 Å². The van der Waals surface area contributed by atoms with Crippen LogP contribution in [0.4, 0.5) is 5.69 Å². The number of nitrogens with zero attached hydrogens (tertiary/aromatic N) is 2. The molecule has 7 heteroatoms. The van der Waals surface area contributed by atoms with Gasteiger partial charge in [-0.2, -0.15) is 5.10 Å². The predicted molar refractivity (Wildman–Crippen MR) is 77.4 cm³/mol. The van der Waals surface area contributed by atoms with Crippen molar-refractivity contribution in [2.24, 2.45) is 11.7 Å². The molecule has 114 valence electrons. The van der Waals surface area contributed by atoms with Crippen LogP contribution in [0.5, 0.6) is 0 Å². The number of anilines is 1. The minimum atomic E-state index is -0.273. The normalized spacial score (nSPS) is 19.7. The molecule has 1 saturated carbocycles. The summed E-state index contributed by atoms with van der Waals surface area (Å²) in [7, 11) is 0. The van der Waals surface area contributed by atoms with Crippen LogP contribution < -0.4 is 11.5 Å². The fourth-order valence-electron chi connectivity index (χ4n) is 2.98. The van der Waals surface area contributed by atoms with Crippen molar-refractivity contribution < 1.29 is 9.59 Å². The molecule has 7 nitrogen and oxygen atoms in total. The van der Waals surface area contributed by atoms with Gasteiger partial charge in [0.15, 0.2) is 5.69 Å². The fraction of sp³-hybridized carbons (Fsp3) is 0.643. The summed E-state index contributed by atoms with van der Waals surface area (Å²) >= 11 is 0. The first-order chi connectivity index (χ1) is 10.1. The van der Waals surface area contributed by atoms with Crippen molar-refractivity contribution >= 4 is 17.5 Å². The van der Waals surface area contributed by atoms with Crippen LogP contribution in [0.2, 0.25) is 0 Å². The van der Waals surface area contributed by atoms with E-state index in [9.17, 15) is 9.59 Å². The maximum atomic E-state index is 12.5. The predicted octanol–water partition coefficient (Wildman–Crippen LogP) is 0.597. The summed E-state index contributed by atoms with van der Waals surface area (Å²) in [5.41, 5.74) is 13.0. The Kier molecular flexibility index (Phi) is 3.57. The molecule has 0 radical (unpaired) electrons. The van der Waals surface area contributed by atoms with Gasteiger partial charge in [0.25, 0.3) is 5.91 Å². The van der Waals surface area contributed by atoms with E-state index in [0.717, 1.165) is 31.4 Å². The van der Waals surface area contributed by atoms with Crippen LogP contribution in [-0.4, -0.2) is 40.0 Å². The summed E-state index contributed by atoms with van der Waals surface area (Å²) in [4.78, 5) is 25.2. The van der Waals surface area contributed by atoms with Crippen molar-refractivity contribution in [1.82, 2.24) is 15.1 Å². The van der Waals surface area contributed by atoms with Gasteiger partial charge in [-0.15, -0.1) is 0 Å². The average molecular weight is 291 g/mol. The molecular weight excluding hydrogens is 270 g/mol. The van der Waals surface area contributed by atoms with E-state index in [1.165, 1.54) is 0 Å². The van der Waals surface area contributed by atoms with Crippen LogP contribution in [0.25, 0.3) is 0 Å². The van der Waals surface area contributed by atoms with Gasteiger partial charge in [-0.05, 0) is 31.6 Å². The molecule has 5 N–H and O–H groups in total. The first-order valence-corrected chi connectivity index (χ1v) is 7.47. The average Bonchev–Trinajstić information content (AvgIpc) is 3.21. The van der Waals surface area contributed by atoms with E-state index in [4.69, 9.17) is 11.5 Å². The number of nitrogen functional groups attached to an aromatic ring is 1. The Morgan fingerprint density at radius 3 is 2.48 bits per heavy atom. The number of carbonyl (C=O) groups is 2. The summed E-state index contributed by atoms with van der Waals surface area (Å²) in [5, 5.41) is 7.01.